The van der Waals surface area contributed by atoms with Crippen molar-refractivity contribution >= 4 is 5.91 Å². The molecule has 1 aromatic carbocycles. The summed E-state index contributed by atoms with van der Waals surface area (Å²) in [5, 5.41) is 2.89. The number of aromatic amines is 1. The molecule has 0 spiro atoms. The van der Waals surface area contributed by atoms with Gasteiger partial charge in [0.1, 0.15) is 17.7 Å². The van der Waals surface area contributed by atoms with Crippen molar-refractivity contribution in [1.82, 2.24) is 20.2 Å². The first-order valence-electron chi connectivity index (χ1n) is 7.90. The second-order valence-electron chi connectivity index (χ2n) is 5.82. The normalized spacial score (nSPS) is 18.9. The molecule has 0 radical (unpaired) electrons. The fourth-order valence-corrected chi connectivity index (χ4v) is 2.97. The molecule has 1 aliphatic heterocycles. The third kappa shape index (κ3) is 3.27. The quantitative estimate of drug-likeness (QED) is 0.908. The maximum Gasteiger partial charge on any atom is 0.242 e. The minimum atomic E-state index is -0.412. The highest BCUT2D eigenvalue weighted by Crippen LogP contribution is 2.25. The molecular formula is C17H21FN4O. The average molecular weight is 316 g/mol. The van der Waals surface area contributed by atoms with Crippen LogP contribution in [0.1, 0.15) is 35.7 Å². The number of halogens is 1. The summed E-state index contributed by atoms with van der Waals surface area (Å²) in [7, 11) is 0. The van der Waals surface area contributed by atoms with Crippen LogP contribution in [0.4, 0.5) is 4.39 Å². The average Bonchev–Trinajstić information content (AvgIpc) is 2.89. The number of rotatable bonds is 4. The predicted octanol–water partition coefficient (Wildman–Crippen LogP) is 2.09. The van der Waals surface area contributed by atoms with Crippen LogP contribution in [0.15, 0.2) is 24.3 Å². The van der Waals surface area contributed by atoms with Gasteiger partial charge in [0.2, 0.25) is 5.91 Å². The van der Waals surface area contributed by atoms with Crippen molar-refractivity contribution < 1.29 is 9.18 Å². The molecule has 1 aliphatic rings. The zero-order valence-electron chi connectivity index (χ0n) is 13.4. The van der Waals surface area contributed by atoms with Gasteiger partial charge in [0.05, 0.1) is 5.69 Å². The van der Waals surface area contributed by atoms with E-state index in [9.17, 15) is 9.18 Å². The van der Waals surface area contributed by atoms with Crippen LogP contribution in [0, 0.1) is 12.7 Å². The number of benzene rings is 1. The van der Waals surface area contributed by atoms with Crippen LogP contribution in [0.5, 0.6) is 0 Å². The number of hydrogen-bond donors (Lipinski definition) is 2. The number of H-pyrrole nitrogens is 1. The summed E-state index contributed by atoms with van der Waals surface area (Å²) in [6, 6.07) is 5.72. The number of nitrogens with one attached hydrogen (secondary N) is 2. The van der Waals surface area contributed by atoms with Gasteiger partial charge in [0.15, 0.2) is 0 Å². The molecule has 1 fully saturated rings. The predicted molar refractivity (Wildman–Crippen MR) is 85.3 cm³/mol. The van der Waals surface area contributed by atoms with Crippen molar-refractivity contribution in [3.05, 3.63) is 52.9 Å². The van der Waals surface area contributed by atoms with E-state index in [0.29, 0.717) is 13.1 Å². The molecule has 5 nitrogen and oxygen atoms in total. The Kier molecular flexibility index (Phi) is 4.43. The highest BCUT2D eigenvalue weighted by molar-refractivity contribution is 5.83. The Hall–Kier alpha value is -2.21. The van der Waals surface area contributed by atoms with Crippen LogP contribution in [0.2, 0.25) is 0 Å². The molecule has 0 saturated carbocycles. The van der Waals surface area contributed by atoms with Crippen LogP contribution >= 0.6 is 0 Å². The van der Waals surface area contributed by atoms with Crippen molar-refractivity contribution in [2.75, 3.05) is 13.1 Å². The zero-order chi connectivity index (χ0) is 16.4. The maximum atomic E-state index is 13.2. The van der Waals surface area contributed by atoms with Crippen molar-refractivity contribution in [2.45, 2.75) is 32.9 Å². The number of aromatic nitrogens is 2. The van der Waals surface area contributed by atoms with Crippen LogP contribution in [0.3, 0.4) is 0 Å². The summed E-state index contributed by atoms with van der Waals surface area (Å²) in [6.45, 7) is 6.00. The molecular weight excluding hydrogens is 295 g/mol. The summed E-state index contributed by atoms with van der Waals surface area (Å²) in [4.78, 5) is 22.3. The van der Waals surface area contributed by atoms with Crippen molar-refractivity contribution in [1.29, 1.82) is 0 Å². The van der Waals surface area contributed by atoms with Crippen LogP contribution in [-0.4, -0.2) is 33.9 Å². The lowest BCUT2D eigenvalue weighted by atomic mass is 10.0. The minimum Gasteiger partial charge on any atom is -0.353 e. The number of hydrogen-bond acceptors (Lipinski definition) is 3. The number of aryl methyl sites for hydroxylation is 2. The second kappa shape index (κ2) is 6.50. The molecule has 2 N–H and O–H groups in total. The first kappa shape index (κ1) is 15.7. The van der Waals surface area contributed by atoms with Gasteiger partial charge in [-0.25, -0.2) is 9.37 Å². The van der Waals surface area contributed by atoms with E-state index >= 15 is 0 Å². The van der Waals surface area contributed by atoms with E-state index in [-0.39, 0.29) is 11.7 Å². The Morgan fingerprint density at radius 2 is 2.09 bits per heavy atom. The van der Waals surface area contributed by atoms with E-state index in [4.69, 9.17) is 0 Å². The number of imidazole rings is 1. The molecule has 0 aliphatic carbocycles. The molecule has 1 aromatic heterocycles. The molecule has 122 valence electrons. The van der Waals surface area contributed by atoms with E-state index in [0.717, 1.165) is 35.7 Å². The zero-order valence-corrected chi connectivity index (χ0v) is 13.4. The second-order valence-corrected chi connectivity index (χ2v) is 5.82. The third-order valence-electron chi connectivity index (χ3n) is 4.22. The fourth-order valence-electron chi connectivity index (χ4n) is 2.97. The number of nitrogens with zero attached hydrogens (tertiary/aromatic N) is 2. The molecule has 1 atom stereocenters. The van der Waals surface area contributed by atoms with Crippen LogP contribution in [0.25, 0.3) is 0 Å². The summed E-state index contributed by atoms with van der Waals surface area (Å²) in [5.74, 6) is 0.608. The molecule has 23 heavy (non-hydrogen) atoms. The summed E-state index contributed by atoms with van der Waals surface area (Å²) in [5.41, 5.74) is 2.79. The monoisotopic (exact) mass is 316 g/mol. The molecule has 0 bridgehead atoms. The first-order chi connectivity index (χ1) is 11.1. The van der Waals surface area contributed by atoms with Gasteiger partial charge in [0.25, 0.3) is 0 Å². The molecule has 3 rings (SSSR count). The summed E-state index contributed by atoms with van der Waals surface area (Å²) < 4.78 is 13.2. The standard InChI is InChI=1S/C17H21FN4O/c1-3-15-20-11(2)14(21-15)10-22-9-8-19-17(23)16(22)12-4-6-13(18)7-5-12/h4-7,16H,3,8-10H2,1-2H3,(H,19,23)(H,20,21)/t16-/m0/s1. The Morgan fingerprint density at radius 1 is 1.35 bits per heavy atom. The van der Waals surface area contributed by atoms with Crippen LogP contribution < -0.4 is 5.32 Å². The molecule has 2 aromatic rings. The van der Waals surface area contributed by atoms with Crippen molar-refractivity contribution in [3.63, 3.8) is 0 Å². The number of amides is 1. The topological polar surface area (TPSA) is 61.0 Å². The van der Waals surface area contributed by atoms with Gasteiger partial charge >= 0.3 is 0 Å². The van der Waals surface area contributed by atoms with Gasteiger partial charge in [-0.1, -0.05) is 19.1 Å². The van der Waals surface area contributed by atoms with Gasteiger partial charge in [-0.3, -0.25) is 9.69 Å². The molecule has 1 amide bonds. The van der Waals surface area contributed by atoms with Gasteiger partial charge in [-0.2, -0.15) is 0 Å². The van der Waals surface area contributed by atoms with Gasteiger partial charge in [-0.05, 0) is 24.6 Å². The molecule has 1 saturated heterocycles. The number of carbonyl (C=O) groups is 1. The van der Waals surface area contributed by atoms with Gasteiger partial charge in [0, 0.05) is 31.7 Å². The van der Waals surface area contributed by atoms with Crippen molar-refractivity contribution in [3.8, 4) is 0 Å². The van der Waals surface area contributed by atoms with E-state index in [2.05, 4.69) is 27.1 Å². The minimum absolute atomic E-state index is 0.0493. The largest absolute Gasteiger partial charge is 0.353 e. The summed E-state index contributed by atoms with van der Waals surface area (Å²) in [6.07, 6.45) is 0.850. The fraction of sp³-hybridized carbons (Fsp3) is 0.412. The lowest BCUT2D eigenvalue weighted by molar-refractivity contribution is -0.129. The van der Waals surface area contributed by atoms with E-state index in [1.165, 1.54) is 12.1 Å². The maximum absolute atomic E-state index is 13.2. The Balaban J connectivity index is 1.87. The van der Waals surface area contributed by atoms with E-state index in [1.54, 1.807) is 12.1 Å². The first-order valence-corrected chi connectivity index (χ1v) is 7.90. The number of piperazine rings is 1. The van der Waals surface area contributed by atoms with E-state index < -0.39 is 6.04 Å². The smallest absolute Gasteiger partial charge is 0.242 e. The van der Waals surface area contributed by atoms with E-state index in [1.807, 2.05) is 6.92 Å². The Labute approximate surface area is 134 Å². The molecule has 6 heteroatoms. The van der Waals surface area contributed by atoms with Crippen LogP contribution in [-0.2, 0) is 17.8 Å². The third-order valence-corrected chi connectivity index (χ3v) is 4.22. The van der Waals surface area contributed by atoms with Gasteiger partial charge < -0.3 is 10.3 Å². The molecule has 0 unspecified atom stereocenters. The SMILES string of the molecule is CCc1nc(CN2CCNC(=O)[C@@H]2c2ccc(F)cc2)c(C)[nH]1. The van der Waals surface area contributed by atoms with Crippen molar-refractivity contribution in [2.24, 2.45) is 0 Å². The highest BCUT2D eigenvalue weighted by atomic mass is 19.1. The number of carbonyl (C=O) groups excluding carboxylic acids is 1. The van der Waals surface area contributed by atoms with Gasteiger partial charge in [-0.15, -0.1) is 0 Å². The molecule has 2 heterocycles. The lowest BCUT2D eigenvalue weighted by Gasteiger charge is -2.35. The highest BCUT2D eigenvalue weighted by Gasteiger charge is 2.31. The lowest BCUT2D eigenvalue weighted by Crippen LogP contribution is -2.49. The summed E-state index contributed by atoms with van der Waals surface area (Å²) >= 11 is 0. The Morgan fingerprint density at radius 3 is 2.74 bits per heavy atom. The Bertz CT molecular complexity index is 695.